The number of carbonyl (C=O) groups is 1. The maximum Gasteiger partial charge on any atom is 0.270 e. The van der Waals surface area contributed by atoms with Crippen LogP contribution >= 0.6 is 39.9 Å². The van der Waals surface area contributed by atoms with Crippen LogP contribution in [0, 0.1) is 5.82 Å². The Hall–Kier alpha value is -2.68. The van der Waals surface area contributed by atoms with Gasteiger partial charge >= 0.3 is 0 Å². The molecule has 0 N–H and O–H groups in total. The average molecular weight is 530 g/mol. The van der Waals surface area contributed by atoms with Gasteiger partial charge in [0.05, 0.1) is 22.2 Å². The lowest BCUT2D eigenvalue weighted by molar-refractivity contribution is -0.113. The molecule has 1 saturated heterocycles. The third-order valence-electron chi connectivity index (χ3n) is 4.65. The summed E-state index contributed by atoms with van der Waals surface area (Å²) in [5.41, 5.74) is 2.33. The first-order chi connectivity index (χ1) is 15.5. The van der Waals surface area contributed by atoms with Crippen molar-refractivity contribution in [2.24, 2.45) is 0 Å². The van der Waals surface area contributed by atoms with Crippen LogP contribution in [0.5, 0.6) is 11.5 Å². The molecule has 1 aliphatic rings. The van der Waals surface area contributed by atoms with E-state index < -0.39 is 0 Å². The first kappa shape index (κ1) is 22.5. The minimum absolute atomic E-state index is 0.169. The van der Waals surface area contributed by atoms with Gasteiger partial charge in [0.25, 0.3) is 5.91 Å². The zero-order chi connectivity index (χ0) is 22.7. The van der Waals surface area contributed by atoms with E-state index in [2.05, 4.69) is 15.9 Å². The summed E-state index contributed by atoms with van der Waals surface area (Å²) in [5, 5.41) is 0. The number of carbonyl (C=O) groups excluding carboxylic acids is 1. The highest BCUT2D eigenvalue weighted by Gasteiger charge is 2.33. The molecule has 0 atom stereocenters. The average Bonchev–Trinajstić information content (AvgIpc) is 3.07. The van der Waals surface area contributed by atoms with Gasteiger partial charge in [-0.15, -0.1) is 0 Å². The molecule has 0 bridgehead atoms. The van der Waals surface area contributed by atoms with E-state index in [4.69, 9.17) is 21.7 Å². The second kappa shape index (κ2) is 9.85. The van der Waals surface area contributed by atoms with Crippen LogP contribution in [0.25, 0.3) is 6.08 Å². The smallest absolute Gasteiger partial charge is 0.270 e. The first-order valence-electron chi connectivity index (χ1n) is 9.54. The largest absolute Gasteiger partial charge is 0.493 e. The van der Waals surface area contributed by atoms with E-state index in [0.29, 0.717) is 25.2 Å². The Morgan fingerprint density at radius 1 is 1.12 bits per heavy atom. The van der Waals surface area contributed by atoms with Crippen LogP contribution in [-0.2, 0) is 11.4 Å². The number of benzene rings is 3. The summed E-state index contributed by atoms with van der Waals surface area (Å²) in [6.07, 6.45) is 1.78. The maximum absolute atomic E-state index is 13.1. The van der Waals surface area contributed by atoms with Crippen molar-refractivity contribution < 1.29 is 18.7 Å². The van der Waals surface area contributed by atoms with E-state index in [0.717, 1.165) is 16.8 Å². The molecule has 1 aliphatic heterocycles. The Balaban J connectivity index is 1.57. The van der Waals surface area contributed by atoms with Gasteiger partial charge in [0, 0.05) is 0 Å². The number of ether oxygens (including phenoxy) is 2. The van der Waals surface area contributed by atoms with Crippen molar-refractivity contribution in [2.45, 2.75) is 6.61 Å². The topological polar surface area (TPSA) is 38.8 Å². The summed E-state index contributed by atoms with van der Waals surface area (Å²) in [5.74, 6) is 0.560. The highest BCUT2D eigenvalue weighted by atomic mass is 79.9. The third-order valence-corrected chi connectivity index (χ3v) is 6.55. The van der Waals surface area contributed by atoms with Crippen LogP contribution in [0.15, 0.2) is 76.1 Å². The lowest BCUT2D eigenvalue weighted by atomic mass is 10.1. The van der Waals surface area contributed by atoms with E-state index in [9.17, 15) is 9.18 Å². The van der Waals surface area contributed by atoms with Crippen LogP contribution in [0.1, 0.15) is 11.1 Å². The molecule has 1 amide bonds. The number of para-hydroxylation sites is 1. The number of rotatable bonds is 6. The molecule has 0 unspecified atom stereocenters. The van der Waals surface area contributed by atoms with Crippen molar-refractivity contribution in [3.8, 4) is 11.5 Å². The molecule has 1 fully saturated rings. The Morgan fingerprint density at radius 2 is 1.84 bits per heavy atom. The highest BCUT2D eigenvalue weighted by Crippen LogP contribution is 2.40. The fourth-order valence-corrected chi connectivity index (χ4v) is 4.99. The molecule has 3 aromatic carbocycles. The molecular formula is C24H17BrFNO3S2. The van der Waals surface area contributed by atoms with Crippen molar-refractivity contribution in [1.29, 1.82) is 0 Å². The predicted octanol–water partition coefficient (Wildman–Crippen LogP) is 6.58. The first-order valence-corrected chi connectivity index (χ1v) is 11.6. The number of thiocarbonyl (C=S) groups is 1. The second-order valence-corrected chi connectivity index (χ2v) is 9.33. The van der Waals surface area contributed by atoms with Gasteiger partial charge in [-0.2, -0.15) is 0 Å². The molecule has 0 radical (unpaired) electrons. The standard InChI is InChI=1S/C24H17BrFNO3S2/c1-29-20-12-16(11-19(25)22(20)30-14-15-7-9-17(26)10-8-15)13-21-23(28)27(24(31)32-21)18-5-3-2-4-6-18/h2-13H,14H2,1H3/b21-13+. The summed E-state index contributed by atoms with van der Waals surface area (Å²) in [4.78, 5) is 15.0. The summed E-state index contributed by atoms with van der Waals surface area (Å²) < 4.78 is 25.7. The minimum Gasteiger partial charge on any atom is -0.493 e. The van der Waals surface area contributed by atoms with Gasteiger partial charge in [0.2, 0.25) is 0 Å². The van der Waals surface area contributed by atoms with Gasteiger partial charge < -0.3 is 9.47 Å². The molecule has 32 heavy (non-hydrogen) atoms. The lowest BCUT2D eigenvalue weighted by Gasteiger charge is -2.14. The van der Waals surface area contributed by atoms with E-state index >= 15 is 0 Å². The Bertz CT molecular complexity index is 1200. The van der Waals surface area contributed by atoms with Crippen LogP contribution in [-0.4, -0.2) is 17.3 Å². The number of methoxy groups -OCH3 is 1. The van der Waals surface area contributed by atoms with Crippen molar-refractivity contribution in [1.82, 2.24) is 0 Å². The van der Waals surface area contributed by atoms with Crippen LogP contribution < -0.4 is 14.4 Å². The Kier molecular flexibility index (Phi) is 6.93. The van der Waals surface area contributed by atoms with Crippen molar-refractivity contribution in [3.05, 3.63) is 93.1 Å². The summed E-state index contributed by atoms with van der Waals surface area (Å²) >= 11 is 10.2. The fraction of sp³-hybridized carbons (Fsp3) is 0.0833. The predicted molar refractivity (Wildman–Crippen MR) is 134 cm³/mol. The number of thioether (sulfide) groups is 1. The molecular weight excluding hydrogens is 513 g/mol. The normalized spacial score (nSPS) is 14.8. The van der Waals surface area contributed by atoms with Crippen molar-refractivity contribution in [2.75, 3.05) is 12.0 Å². The number of halogens is 2. The molecule has 3 aromatic rings. The zero-order valence-electron chi connectivity index (χ0n) is 16.9. The Labute approximate surface area is 203 Å². The summed E-state index contributed by atoms with van der Waals surface area (Å²) in [6.45, 7) is 0.254. The number of anilines is 1. The van der Waals surface area contributed by atoms with Crippen LogP contribution in [0.3, 0.4) is 0 Å². The van der Waals surface area contributed by atoms with Gasteiger partial charge in [0.1, 0.15) is 12.4 Å². The van der Waals surface area contributed by atoms with Crippen molar-refractivity contribution in [3.63, 3.8) is 0 Å². The molecule has 4 nitrogen and oxygen atoms in total. The van der Waals surface area contributed by atoms with Crippen LogP contribution in [0.2, 0.25) is 0 Å². The monoisotopic (exact) mass is 529 g/mol. The summed E-state index contributed by atoms with van der Waals surface area (Å²) in [6, 6.07) is 19.1. The van der Waals surface area contributed by atoms with Gasteiger partial charge in [-0.1, -0.05) is 54.3 Å². The van der Waals surface area contributed by atoms with Gasteiger partial charge in [-0.25, -0.2) is 4.39 Å². The molecule has 162 valence electrons. The molecule has 0 spiro atoms. The SMILES string of the molecule is COc1cc(/C=C2/SC(=S)N(c3ccccc3)C2=O)cc(Br)c1OCc1ccc(F)cc1. The highest BCUT2D eigenvalue weighted by molar-refractivity contribution is 9.10. The van der Waals surface area contributed by atoms with Gasteiger partial charge in [-0.05, 0) is 69.5 Å². The molecule has 0 aromatic heterocycles. The van der Waals surface area contributed by atoms with E-state index in [1.807, 2.05) is 36.4 Å². The van der Waals surface area contributed by atoms with E-state index in [1.165, 1.54) is 28.8 Å². The number of nitrogens with zero attached hydrogens (tertiary/aromatic N) is 1. The van der Waals surface area contributed by atoms with E-state index in [1.54, 1.807) is 31.4 Å². The Morgan fingerprint density at radius 3 is 2.53 bits per heavy atom. The quantitative estimate of drug-likeness (QED) is 0.266. The van der Waals surface area contributed by atoms with Crippen LogP contribution in [0.4, 0.5) is 10.1 Å². The maximum atomic E-state index is 13.1. The van der Waals surface area contributed by atoms with Gasteiger partial charge in [-0.3, -0.25) is 9.69 Å². The summed E-state index contributed by atoms with van der Waals surface area (Å²) in [7, 11) is 1.55. The molecule has 1 heterocycles. The minimum atomic E-state index is -0.297. The molecule has 0 aliphatic carbocycles. The molecule has 8 heteroatoms. The fourth-order valence-electron chi connectivity index (χ4n) is 3.12. The van der Waals surface area contributed by atoms with E-state index in [-0.39, 0.29) is 18.3 Å². The number of hydrogen-bond acceptors (Lipinski definition) is 5. The number of amides is 1. The zero-order valence-corrected chi connectivity index (χ0v) is 20.1. The molecule has 4 rings (SSSR count). The lowest BCUT2D eigenvalue weighted by Crippen LogP contribution is -2.27. The number of hydrogen-bond donors (Lipinski definition) is 0. The van der Waals surface area contributed by atoms with Gasteiger partial charge in [0.15, 0.2) is 15.8 Å². The third kappa shape index (κ3) is 4.87. The van der Waals surface area contributed by atoms with Crippen molar-refractivity contribution >= 4 is 61.9 Å². The molecule has 0 saturated carbocycles. The second-order valence-electron chi connectivity index (χ2n) is 6.80.